The van der Waals surface area contributed by atoms with E-state index in [0.29, 0.717) is 0 Å². The third kappa shape index (κ3) is 3.64. The Morgan fingerprint density at radius 1 is 1.19 bits per heavy atom. The number of carbonyl (C=O) groups is 1. The zero-order valence-corrected chi connectivity index (χ0v) is 14.9. The third-order valence-electron chi connectivity index (χ3n) is 5.69. The van der Waals surface area contributed by atoms with E-state index in [4.69, 9.17) is 4.74 Å². The van der Waals surface area contributed by atoms with Crippen molar-refractivity contribution in [3.63, 3.8) is 0 Å². The van der Waals surface area contributed by atoms with Crippen LogP contribution in [0.15, 0.2) is 54.9 Å². The molecule has 1 spiro atoms. The first kappa shape index (κ1) is 17.2. The van der Waals surface area contributed by atoms with Crippen LogP contribution in [0.1, 0.15) is 18.4 Å². The summed E-state index contributed by atoms with van der Waals surface area (Å²) in [7, 11) is 0. The topological polar surface area (TPSA) is 54.5 Å². The Hall–Kier alpha value is -2.24. The Labute approximate surface area is 154 Å². The van der Waals surface area contributed by atoms with Gasteiger partial charge in [0, 0.05) is 56.3 Å². The maximum atomic E-state index is 13.1. The molecule has 2 aromatic rings. The number of para-hydroxylation sites is 1. The van der Waals surface area contributed by atoms with Crippen molar-refractivity contribution in [2.45, 2.75) is 19.4 Å². The lowest BCUT2D eigenvalue weighted by atomic mass is 9.71. The van der Waals surface area contributed by atoms with Gasteiger partial charge in [0.1, 0.15) is 0 Å². The number of nitrogens with zero attached hydrogens (tertiary/aromatic N) is 2. The lowest BCUT2D eigenvalue weighted by Crippen LogP contribution is -2.42. The number of aromatic nitrogens is 1. The highest BCUT2D eigenvalue weighted by molar-refractivity contribution is 5.93. The number of anilines is 1. The number of nitrogens with one attached hydrogen (secondary N) is 1. The molecule has 5 nitrogen and oxygen atoms in total. The predicted molar refractivity (Wildman–Crippen MR) is 101 cm³/mol. The number of benzene rings is 1. The van der Waals surface area contributed by atoms with E-state index < -0.39 is 0 Å². The number of ether oxygens (including phenoxy) is 1. The maximum absolute atomic E-state index is 13.1. The lowest BCUT2D eigenvalue weighted by molar-refractivity contribution is -0.124. The molecule has 1 amide bonds. The van der Waals surface area contributed by atoms with Gasteiger partial charge in [0.05, 0.1) is 5.92 Å². The Balaban J connectivity index is 1.51. The predicted octanol–water partition coefficient (Wildman–Crippen LogP) is 2.95. The normalized spacial score (nSPS) is 22.4. The number of amides is 1. The average Bonchev–Trinajstić information content (AvgIpc) is 3.01. The average molecular weight is 351 g/mol. The van der Waals surface area contributed by atoms with Gasteiger partial charge in [0.2, 0.25) is 5.91 Å². The highest BCUT2D eigenvalue weighted by Gasteiger charge is 2.50. The largest absolute Gasteiger partial charge is 0.381 e. The number of rotatable bonds is 4. The quantitative estimate of drug-likeness (QED) is 0.920. The van der Waals surface area contributed by atoms with Crippen molar-refractivity contribution in [3.05, 3.63) is 60.4 Å². The van der Waals surface area contributed by atoms with E-state index in [0.717, 1.165) is 51.4 Å². The molecule has 1 atom stereocenters. The van der Waals surface area contributed by atoms with Gasteiger partial charge in [-0.3, -0.25) is 14.7 Å². The molecule has 1 unspecified atom stereocenters. The molecule has 0 saturated carbocycles. The fraction of sp³-hybridized carbons (Fsp3) is 0.429. The van der Waals surface area contributed by atoms with Crippen LogP contribution in [0.2, 0.25) is 0 Å². The molecule has 2 aliphatic heterocycles. The Kier molecular flexibility index (Phi) is 5.00. The molecule has 0 aliphatic carbocycles. The molecule has 3 heterocycles. The minimum Gasteiger partial charge on any atom is -0.381 e. The van der Waals surface area contributed by atoms with Crippen molar-refractivity contribution in [3.8, 4) is 0 Å². The molecule has 2 aliphatic rings. The Morgan fingerprint density at radius 3 is 2.73 bits per heavy atom. The number of likely N-dealkylation sites (tertiary alicyclic amines) is 1. The molecule has 1 aromatic heterocycles. The molecule has 136 valence electrons. The first-order chi connectivity index (χ1) is 12.8. The van der Waals surface area contributed by atoms with Crippen molar-refractivity contribution < 1.29 is 9.53 Å². The van der Waals surface area contributed by atoms with E-state index >= 15 is 0 Å². The first-order valence-electron chi connectivity index (χ1n) is 9.30. The van der Waals surface area contributed by atoms with Crippen molar-refractivity contribution in [2.24, 2.45) is 11.3 Å². The maximum Gasteiger partial charge on any atom is 0.229 e. The van der Waals surface area contributed by atoms with Gasteiger partial charge in [0.25, 0.3) is 0 Å². The zero-order chi connectivity index (χ0) is 17.8. The smallest absolute Gasteiger partial charge is 0.229 e. The van der Waals surface area contributed by atoms with E-state index in [1.165, 1.54) is 5.56 Å². The molecular weight excluding hydrogens is 326 g/mol. The molecule has 4 rings (SSSR count). The minimum absolute atomic E-state index is 0.0109. The van der Waals surface area contributed by atoms with Crippen LogP contribution >= 0.6 is 0 Å². The summed E-state index contributed by atoms with van der Waals surface area (Å²) in [6, 6.07) is 13.8. The second-order valence-corrected chi connectivity index (χ2v) is 7.41. The van der Waals surface area contributed by atoms with E-state index in [-0.39, 0.29) is 17.2 Å². The third-order valence-corrected chi connectivity index (χ3v) is 5.69. The van der Waals surface area contributed by atoms with Gasteiger partial charge in [-0.2, -0.15) is 0 Å². The highest BCUT2D eigenvalue weighted by Crippen LogP contribution is 2.45. The summed E-state index contributed by atoms with van der Waals surface area (Å²) in [5.41, 5.74) is 2.07. The molecule has 26 heavy (non-hydrogen) atoms. The van der Waals surface area contributed by atoms with Gasteiger partial charge in [-0.15, -0.1) is 0 Å². The van der Waals surface area contributed by atoms with Crippen molar-refractivity contribution in [1.82, 2.24) is 9.88 Å². The van der Waals surface area contributed by atoms with Crippen LogP contribution in [0.25, 0.3) is 0 Å². The summed E-state index contributed by atoms with van der Waals surface area (Å²) in [5, 5.41) is 3.12. The van der Waals surface area contributed by atoms with E-state index in [9.17, 15) is 4.79 Å². The number of pyridine rings is 1. The van der Waals surface area contributed by atoms with Crippen LogP contribution in [-0.2, 0) is 16.1 Å². The van der Waals surface area contributed by atoms with Crippen molar-refractivity contribution >= 4 is 11.6 Å². The fourth-order valence-corrected chi connectivity index (χ4v) is 4.34. The Morgan fingerprint density at radius 2 is 2.00 bits per heavy atom. The first-order valence-corrected chi connectivity index (χ1v) is 9.30. The number of hydrogen-bond donors (Lipinski definition) is 1. The van der Waals surface area contributed by atoms with Crippen LogP contribution in [0, 0.1) is 11.3 Å². The van der Waals surface area contributed by atoms with E-state index in [1.54, 1.807) is 6.20 Å². The molecule has 0 radical (unpaired) electrons. The standard InChI is InChI=1S/C21H25N3O2/c25-20(23-18-6-2-1-3-7-18)19-15-24(14-17-5-4-10-22-13-17)16-21(19)8-11-26-12-9-21/h1-7,10,13,19H,8-9,11-12,14-16H2,(H,23,25). The second-order valence-electron chi connectivity index (χ2n) is 7.41. The highest BCUT2D eigenvalue weighted by atomic mass is 16.5. The van der Waals surface area contributed by atoms with Gasteiger partial charge >= 0.3 is 0 Å². The molecular formula is C21H25N3O2. The summed E-state index contributed by atoms with van der Waals surface area (Å²) in [6.07, 6.45) is 5.60. The number of carbonyl (C=O) groups excluding carboxylic acids is 1. The molecule has 5 heteroatoms. The lowest BCUT2D eigenvalue weighted by Gasteiger charge is -2.37. The van der Waals surface area contributed by atoms with Crippen LogP contribution in [0.4, 0.5) is 5.69 Å². The van der Waals surface area contributed by atoms with Crippen molar-refractivity contribution in [2.75, 3.05) is 31.6 Å². The van der Waals surface area contributed by atoms with Crippen molar-refractivity contribution in [1.29, 1.82) is 0 Å². The molecule has 1 N–H and O–H groups in total. The summed E-state index contributed by atoms with van der Waals surface area (Å²) in [5.74, 6) is 0.120. The van der Waals surface area contributed by atoms with Crippen LogP contribution in [0.3, 0.4) is 0 Å². The van der Waals surface area contributed by atoms with Gasteiger partial charge < -0.3 is 10.1 Å². The van der Waals surface area contributed by atoms with E-state index in [2.05, 4.69) is 21.3 Å². The molecule has 2 fully saturated rings. The monoisotopic (exact) mass is 351 g/mol. The van der Waals surface area contributed by atoms with Crippen LogP contribution < -0.4 is 5.32 Å². The Bertz CT molecular complexity index is 729. The summed E-state index contributed by atoms with van der Waals surface area (Å²) in [6.45, 7) is 4.06. The second kappa shape index (κ2) is 7.56. The van der Waals surface area contributed by atoms with Gasteiger partial charge in [-0.25, -0.2) is 0 Å². The SMILES string of the molecule is O=C(Nc1ccccc1)C1CN(Cc2cccnc2)CC12CCOCC2. The fourth-order valence-electron chi connectivity index (χ4n) is 4.34. The molecule has 0 bridgehead atoms. The summed E-state index contributed by atoms with van der Waals surface area (Å²) in [4.78, 5) is 19.7. The van der Waals surface area contributed by atoms with Gasteiger partial charge in [0.15, 0.2) is 0 Å². The van der Waals surface area contributed by atoms with Crippen LogP contribution in [0.5, 0.6) is 0 Å². The summed E-state index contributed by atoms with van der Waals surface area (Å²) < 4.78 is 5.60. The molecule has 2 saturated heterocycles. The van der Waals surface area contributed by atoms with Gasteiger partial charge in [-0.05, 0) is 36.6 Å². The minimum atomic E-state index is -0.0109. The van der Waals surface area contributed by atoms with Crippen LogP contribution in [-0.4, -0.2) is 42.1 Å². The summed E-state index contributed by atoms with van der Waals surface area (Å²) >= 11 is 0. The molecule has 1 aromatic carbocycles. The van der Waals surface area contributed by atoms with Gasteiger partial charge in [-0.1, -0.05) is 24.3 Å². The zero-order valence-electron chi connectivity index (χ0n) is 14.9. The number of hydrogen-bond acceptors (Lipinski definition) is 4. The van der Waals surface area contributed by atoms with E-state index in [1.807, 2.05) is 42.6 Å².